The summed E-state index contributed by atoms with van der Waals surface area (Å²) < 4.78 is 4.95. The number of esters is 1. The van der Waals surface area contributed by atoms with E-state index in [-0.39, 0.29) is 12.4 Å². The largest absolute Gasteiger partial charge is 0.453 e. The zero-order valence-electron chi connectivity index (χ0n) is 10.9. The molecule has 0 radical (unpaired) electrons. The second kappa shape index (κ2) is 5.52. The molecular formula is C15H15NO3. The molecule has 1 N–H and O–H groups in total. The molecule has 1 aromatic heterocycles. The van der Waals surface area contributed by atoms with Crippen molar-refractivity contribution >= 4 is 11.8 Å². The van der Waals surface area contributed by atoms with Gasteiger partial charge in [-0.25, -0.2) is 4.79 Å². The highest BCUT2D eigenvalue weighted by Crippen LogP contribution is 2.10. The van der Waals surface area contributed by atoms with Crippen LogP contribution in [0.3, 0.4) is 0 Å². The van der Waals surface area contributed by atoms with Gasteiger partial charge in [-0.1, -0.05) is 12.1 Å². The predicted octanol–water partition coefficient (Wildman–Crippen LogP) is 2.67. The number of rotatable bonds is 4. The van der Waals surface area contributed by atoms with Crippen molar-refractivity contribution in [2.45, 2.75) is 13.8 Å². The van der Waals surface area contributed by atoms with Gasteiger partial charge >= 0.3 is 5.97 Å². The van der Waals surface area contributed by atoms with E-state index in [2.05, 4.69) is 4.98 Å². The lowest BCUT2D eigenvalue weighted by molar-refractivity contribution is 0.0469. The number of Topliss-reactive ketones (excluding diaryl/α,β-unsaturated/α-hetero) is 1. The number of H-pyrrole nitrogens is 1. The third-order valence-corrected chi connectivity index (χ3v) is 2.98. The highest BCUT2D eigenvalue weighted by atomic mass is 16.5. The maximum Gasteiger partial charge on any atom is 0.355 e. The van der Waals surface area contributed by atoms with Gasteiger partial charge in [0.15, 0.2) is 12.4 Å². The molecule has 98 valence electrons. The minimum absolute atomic E-state index is 0.206. The van der Waals surface area contributed by atoms with Crippen LogP contribution in [0.15, 0.2) is 36.5 Å². The van der Waals surface area contributed by atoms with Crippen LogP contribution in [-0.2, 0) is 4.74 Å². The Balaban J connectivity index is 1.98. The lowest BCUT2D eigenvalue weighted by Crippen LogP contribution is -2.14. The van der Waals surface area contributed by atoms with E-state index in [4.69, 9.17) is 4.74 Å². The summed E-state index contributed by atoms with van der Waals surface area (Å²) in [4.78, 5) is 26.2. The second-order valence-corrected chi connectivity index (χ2v) is 4.38. The summed E-state index contributed by atoms with van der Waals surface area (Å²) >= 11 is 0. The van der Waals surface area contributed by atoms with E-state index in [0.717, 1.165) is 11.1 Å². The number of benzene rings is 1. The summed E-state index contributed by atoms with van der Waals surface area (Å²) in [6.07, 6.45) is 1.63. The van der Waals surface area contributed by atoms with E-state index in [0.29, 0.717) is 11.3 Å². The molecule has 0 aliphatic carbocycles. The summed E-state index contributed by atoms with van der Waals surface area (Å²) in [7, 11) is 0. The van der Waals surface area contributed by atoms with Crippen molar-refractivity contribution in [3.63, 3.8) is 0 Å². The smallest absolute Gasteiger partial charge is 0.355 e. The third-order valence-electron chi connectivity index (χ3n) is 2.98. The molecule has 2 rings (SSSR count). The van der Waals surface area contributed by atoms with Gasteiger partial charge in [0.25, 0.3) is 0 Å². The molecule has 0 saturated carbocycles. The summed E-state index contributed by atoms with van der Waals surface area (Å²) in [5.41, 5.74) is 3.07. The molecule has 0 atom stereocenters. The van der Waals surface area contributed by atoms with E-state index in [1.807, 2.05) is 19.9 Å². The molecule has 0 fully saturated rings. The molecule has 0 aliphatic rings. The van der Waals surface area contributed by atoms with Gasteiger partial charge in [0.1, 0.15) is 5.69 Å². The van der Waals surface area contributed by atoms with E-state index >= 15 is 0 Å². The number of ether oxygens (including phenoxy) is 1. The van der Waals surface area contributed by atoms with Gasteiger partial charge < -0.3 is 9.72 Å². The van der Waals surface area contributed by atoms with Crippen molar-refractivity contribution in [3.8, 4) is 0 Å². The normalized spacial score (nSPS) is 10.2. The zero-order chi connectivity index (χ0) is 13.8. The van der Waals surface area contributed by atoms with Gasteiger partial charge in [-0.05, 0) is 43.2 Å². The van der Waals surface area contributed by atoms with Crippen LogP contribution in [0.25, 0.3) is 0 Å². The molecule has 2 aromatic rings. The standard InChI is InChI=1S/C15H15NO3/c1-10-5-6-12(8-11(10)2)14(17)9-19-15(18)13-4-3-7-16-13/h3-8,16H,9H2,1-2H3. The average molecular weight is 257 g/mol. The van der Waals surface area contributed by atoms with Gasteiger partial charge in [-0.2, -0.15) is 0 Å². The Morgan fingerprint density at radius 2 is 1.95 bits per heavy atom. The molecule has 19 heavy (non-hydrogen) atoms. The average Bonchev–Trinajstić information content (AvgIpc) is 2.92. The van der Waals surface area contributed by atoms with Crippen LogP contribution < -0.4 is 0 Å². The number of carbonyl (C=O) groups is 2. The topological polar surface area (TPSA) is 59.2 Å². The molecule has 4 heteroatoms. The van der Waals surface area contributed by atoms with Crippen LogP contribution in [-0.4, -0.2) is 23.3 Å². The molecular weight excluding hydrogens is 242 g/mol. The quantitative estimate of drug-likeness (QED) is 0.676. The van der Waals surface area contributed by atoms with Crippen LogP contribution in [0.1, 0.15) is 32.0 Å². The lowest BCUT2D eigenvalue weighted by Gasteiger charge is -2.05. The number of aromatic amines is 1. The number of hydrogen-bond acceptors (Lipinski definition) is 3. The number of carbonyl (C=O) groups excluding carboxylic acids is 2. The summed E-state index contributed by atoms with van der Waals surface area (Å²) in [5.74, 6) is -0.731. The van der Waals surface area contributed by atoms with E-state index in [1.54, 1.807) is 30.5 Å². The fourth-order valence-electron chi connectivity index (χ4n) is 1.66. The molecule has 0 saturated heterocycles. The lowest BCUT2D eigenvalue weighted by atomic mass is 10.0. The third kappa shape index (κ3) is 3.10. The molecule has 0 amide bonds. The van der Waals surface area contributed by atoms with Crippen LogP contribution in [0.5, 0.6) is 0 Å². The van der Waals surface area contributed by atoms with Gasteiger partial charge in [0, 0.05) is 11.8 Å². The SMILES string of the molecule is Cc1ccc(C(=O)COC(=O)c2ccc[nH]2)cc1C. The second-order valence-electron chi connectivity index (χ2n) is 4.38. The summed E-state index contributed by atoms with van der Waals surface area (Å²) in [5, 5.41) is 0. The highest BCUT2D eigenvalue weighted by Gasteiger charge is 2.12. The van der Waals surface area contributed by atoms with Gasteiger partial charge in [0.05, 0.1) is 0 Å². The maximum absolute atomic E-state index is 11.9. The number of aromatic nitrogens is 1. The minimum atomic E-state index is -0.526. The van der Waals surface area contributed by atoms with Crippen LogP contribution in [0.4, 0.5) is 0 Å². The number of ketones is 1. The van der Waals surface area contributed by atoms with Gasteiger partial charge in [-0.3, -0.25) is 4.79 Å². The van der Waals surface area contributed by atoms with Crippen LogP contribution in [0, 0.1) is 13.8 Å². The Bertz CT molecular complexity index is 600. The Hall–Kier alpha value is -2.36. The first kappa shape index (κ1) is 13.1. The van der Waals surface area contributed by atoms with E-state index in [1.165, 1.54) is 0 Å². The predicted molar refractivity (Wildman–Crippen MR) is 71.3 cm³/mol. The Kier molecular flexibility index (Phi) is 3.80. The Morgan fingerprint density at radius 3 is 2.58 bits per heavy atom. The Labute approximate surface area is 111 Å². The van der Waals surface area contributed by atoms with E-state index < -0.39 is 5.97 Å². The van der Waals surface area contributed by atoms with Crippen molar-refractivity contribution < 1.29 is 14.3 Å². The Morgan fingerprint density at radius 1 is 1.16 bits per heavy atom. The van der Waals surface area contributed by atoms with Crippen molar-refractivity contribution in [1.29, 1.82) is 0 Å². The van der Waals surface area contributed by atoms with Crippen molar-refractivity contribution in [3.05, 3.63) is 58.9 Å². The number of aryl methyl sites for hydroxylation is 2. The zero-order valence-corrected chi connectivity index (χ0v) is 10.9. The molecule has 1 heterocycles. The highest BCUT2D eigenvalue weighted by molar-refractivity contribution is 5.99. The van der Waals surface area contributed by atoms with Gasteiger partial charge in [-0.15, -0.1) is 0 Å². The molecule has 0 unspecified atom stereocenters. The van der Waals surface area contributed by atoms with E-state index in [9.17, 15) is 9.59 Å². The molecule has 0 bridgehead atoms. The first-order valence-electron chi connectivity index (χ1n) is 5.99. The van der Waals surface area contributed by atoms with Crippen LogP contribution >= 0.6 is 0 Å². The van der Waals surface area contributed by atoms with Crippen molar-refractivity contribution in [1.82, 2.24) is 4.98 Å². The monoisotopic (exact) mass is 257 g/mol. The fraction of sp³-hybridized carbons (Fsp3) is 0.200. The minimum Gasteiger partial charge on any atom is -0.453 e. The van der Waals surface area contributed by atoms with Crippen LogP contribution in [0.2, 0.25) is 0 Å². The molecule has 0 spiro atoms. The molecule has 4 nitrogen and oxygen atoms in total. The summed E-state index contributed by atoms with van der Waals surface area (Å²) in [6.45, 7) is 3.67. The number of hydrogen-bond donors (Lipinski definition) is 1. The fourth-order valence-corrected chi connectivity index (χ4v) is 1.66. The molecule has 0 aliphatic heterocycles. The van der Waals surface area contributed by atoms with Gasteiger partial charge in [0.2, 0.25) is 0 Å². The number of nitrogens with one attached hydrogen (secondary N) is 1. The maximum atomic E-state index is 11.9. The molecule has 1 aromatic carbocycles. The van der Waals surface area contributed by atoms with Crippen molar-refractivity contribution in [2.24, 2.45) is 0 Å². The first-order chi connectivity index (χ1) is 9.08. The van der Waals surface area contributed by atoms with Crippen molar-refractivity contribution in [2.75, 3.05) is 6.61 Å². The summed E-state index contributed by atoms with van der Waals surface area (Å²) in [6, 6.07) is 8.73. The first-order valence-corrected chi connectivity index (χ1v) is 5.99.